The van der Waals surface area contributed by atoms with Crippen LogP contribution in [0.2, 0.25) is 5.28 Å². The lowest BCUT2D eigenvalue weighted by molar-refractivity contribution is -0.119. The van der Waals surface area contributed by atoms with Crippen molar-refractivity contribution < 1.29 is 4.79 Å². The normalized spacial score (nSPS) is 16.7. The number of carbonyl (C=O) groups is 1. The second-order valence-corrected chi connectivity index (χ2v) is 6.35. The Labute approximate surface area is 155 Å². The summed E-state index contributed by atoms with van der Waals surface area (Å²) >= 11 is 6.05. The minimum Gasteiger partial charge on any atom is -0.312 e. The zero-order valence-electron chi connectivity index (χ0n) is 14.4. The SMILES string of the molecule is CCC1C(=O)N(C)c2cnc(Cl)nc2N1c1cccc(-n2cccn2)c1. The summed E-state index contributed by atoms with van der Waals surface area (Å²) in [6.07, 6.45) is 5.82. The first-order valence-electron chi connectivity index (χ1n) is 8.29. The molecule has 3 aromatic rings. The first kappa shape index (κ1) is 16.5. The zero-order chi connectivity index (χ0) is 18.3. The van der Waals surface area contributed by atoms with Crippen molar-refractivity contribution in [3.05, 3.63) is 54.2 Å². The van der Waals surface area contributed by atoms with Crippen LogP contribution in [0, 0.1) is 0 Å². The van der Waals surface area contributed by atoms with E-state index in [-0.39, 0.29) is 17.2 Å². The van der Waals surface area contributed by atoms with Crippen molar-refractivity contribution in [1.82, 2.24) is 19.7 Å². The van der Waals surface area contributed by atoms with E-state index in [1.807, 2.05) is 48.4 Å². The standard InChI is InChI=1S/C18H17ClN6O/c1-3-14-17(26)23(2)15-11-20-18(19)22-16(15)25(14)13-7-4-6-12(10-13)24-9-5-8-21-24/h4-11,14H,3H2,1-2H3. The minimum absolute atomic E-state index is 0.00425. The quantitative estimate of drug-likeness (QED) is 0.664. The summed E-state index contributed by atoms with van der Waals surface area (Å²) in [4.78, 5) is 24.8. The Morgan fingerprint density at radius 3 is 2.77 bits per heavy atom. The maximum atomic E-state index is 12.9. The topological polar surface area (TPSA) is 67.2 Å². The Bertz CT molecular complexity index is 958. The van der Waals surface area contributed by atoms with Gasteiger partial charge in [-0.3, -0.25) is 4.79 Å². The molecule has 8 heteroatoms. The van der Waals surface area contributed by atoms with Gasteiger partial charge in [-0.15, -0.1) is 0 Å². The van der Waals surface area contributed by atoms with Crippen LogP contribution >= 0.6 is 11.6 Å². The molecule has 4 rings (SSSR count). The molecule has 2 aromatic heterocycles. The average Bonchev–Trinajstić information content (AvgIpc) is 3.19. The maximum Gasteiger partial charge on any atom is 0.250 e. The molecule has 1 atom stereocenters. The average molecular weight is 369 g/mol. The van der Waals surface area contributed by atoms with Gasteiger partial charge in [-0.2, -0.15) is 10.1 Å². The van der Waals surface area contributed by atoms with Gasteiger partial charge >= 0.3 is 0 Å². The zero-order valence-corrected chi connectivity index (χ0v) is 15.1. The van der Waals surface area contributed by atoms with Crippen LogP contribution < -0.4 is 9.80 Å². The van der Waals surface area contributed by atoms with Crippen LogP contribution in [0.5, 0.6) is 0 Å². The number of anilines is 3. The molecule has 0 aliphatic carbocycles. The number of rotatable bonds is 3. The van der Waals surface area contributed by atoms with E-state index in [1.54, 1.807) is 29.0 Å². The highest BCUT2D eigenvalue weighted by Gasteiger charge is 2.38. The maximum absolute atomic E-state index is 12.9. The number of hydrogen-bond acceptors (Lipinski definition) is 5. The highest BCUT2D eigenvalue weighted by molar-refractivity contribution is 6.28. The molecule has 132 valence electrons. The van der Waals surface area contributed by atoms with Gasteiger partial charge in [-0.05, 0) is 42.3 Å². The van der Waals surface area contributed by atoms with Crippen molar-refractivity contribution in [1.29, 1.82) is 0 Å². The molecule has 3 heterocycles. The predicted octanol–water partition coefficient (Wildman–Crippen LogP) is 3.21. The molecule has 0 bridgehead atoms. The molecular weight excluding hydrogens is 352 g/mol. The van der Waals surface area contributed by atoms with Gasteiger partial charge in [0.15, 0.2) is 5.82 Å². The Kier molecular flexibility index (Phi) is 4.08. The fourth-order valence-electron chi connectivity index (χ4n) is 3.23. The summed E-state index contributed by atoms with van der Waals surface area (Å²) in [5.41, 5.74) is 2.38. The molecule has 26 heavy (non-hydrogen) atoms. The Morgan fingerprint density at radius 1 is 1.23 bits per heavy atom. The molecular formula is C18H17ClN6O. The number of halogens is 1. The van der Waals surface area contributed by atoms with E-state index in [9.17, 15) is 4.79 Å². The molecule has 1 unspecified atom stereocenters. The van der Waals surface area contributed by atoms with Crippen molar-refractivity contribution in [3.8, 4) is 5.69 Å². The van der Waals surface area contributed by atoms with Gasteiger partial charge < -0.3 is 9.80 Å². The molecule has 1 aliphatic rings. The number of aromatic nitrogens is 4. The summed E-state index contributed by atoms with van der Waals surface area (Å²) in [7, 11) is 1.73. The smallest absolute Gasteiger partial charge is 0.250 e. The van der Waals surface area contributed by atoms with Crippen molar-refractivity contribution in [2.45, 2.75) is 19.4 Å². The van der Waals surface area contributed by atoms with Crippen molar-refractivity contribution in [2.75, 3.05) is 16.8 Å². The molecule has 0 spiro atoms. The van der Waals surface area contributed by atoms with Crippen LogP contribution in [-0.4, -0.2) is 38.7 Å². The molecule has 0 saturated carbocycles. The number of likely N-dealkylation sites (N-methyl/N-ethyl adjacent to an activating group) is 1. The van der Waals surface area contributed by atoms with E-state index in [2.05, 4.69) is 15.1 Å². The van der Waals surface area contributed by atoms with Crippen LogP contribution in [0.25, 0.3) is 5.69 Å². The summed E-state index contributed by atoms with van der Waals surface area (Å²) in [6.45, 7) is 1.98. The largest absolute Gasteiger partial charge is 0.312 e. The van der Waals surface area contributed by atoms with E-state index in [4.69, 9.17) is 11.6 Å². The molecule has 0 saturated heterocycles. The third kappa shape index (κ3) is 2.61. The van der Waals surface area contributed by atoms with Gasteiger partial charge in [0.2, 0.25) is 11.2 Å². The van der Waals surface area contributed by atoms with Gasteiger partial charge in [-0.25, -0.2) is 9.67 Å². The number of benzene rings is 1. The Hall–Kier alpha value is -2.93. The first-order chi connectivity index (χ1) is 12.6. The molecule has 0 N–H and O–H groups in total. The van der Waals surface area contributed by atoms with E-state index >= 15 is 0 Å². The van der Waals surface area contributed by atoms with Gasteiger partial charge in [-0.1, -0.05) is 13.0 Å². The fourth-order valence-corrected chi connectivity index (χ4v) is 3.36. The highest BCUT2D eigenvalue weighted by Crippen LogP contribution is 2.40. The van der Waals surface area contributed by atoms with Crippen LogP contribution in [-0.2, 0) is 4.79 Å². The predicted molar refractivity (Wildman–Crippen MR) is 100 cm³/mol. The molecule has 0 fully saturated rings. The monoisotopic (exact) mass is 368 g/mol. The summed E-state index contributed by atoms with van der Waals surface area (Å²) in [5.74, 6) is 0.618. The third-order valence-electron chi connectivity index (χ3n) is 4.50. The third-order valence-corrected chi connectivity index (χ3v) is 4.68. The Morgan fingerprint density at radius 2 is 2.04 bits per heavy atom. The lowest BCUT2D eigenvalue weighted by Gasteiger charge is -2.40. The molecule has 7 nitrogen and oxygen atoms in total. The van der Waals surface area contributed by atoms with Crippen molar-refractivity contribution in [3.63, 3.8) is 0 Å². The lowest BCUT2D eigenvalue weighted by atomic mass is 10.1. The summed E-state index contributed by atoms with van der Waals surface area (Å²) < 4.78 is 1.77. The van der Waals surface area contributed by atoms with E-state index < -0.39 is 0 Å². The number of nitrogens with zero attached hydrogens (tertiary/aromatic N) is 6. The number of amides is 1. The number of carbonyl (C=O) groups excluding carboxylic acids is 1. The second kappa shape index (κ2) is 6.42. The van der Waals surface area contributed by atoms with Crippen LogP contribution in [0.3, 0.4) is 0 Å². The lowest BCUT2D eigenvalue weighted by Crippen LogP contribution is -2.50. The van der Waals surface area contributed by atoms with Crippen LogP contribution in [0.4, 0.5) is 17.2 Å². The highest BCUT2D eigenvalue weighted by atomic mass is 35.5. The number of fused-ring (bicyclic) bond motifs is 1. The summed E-state index contributed by atoms with van der Waals surface area (Å²) in [6, 6.07) is 9.32. The van der Waals surface area contributed by atoms with Gasteiger partial charge in [0.05, 0.1) is 11.9 Å². The van der Waals surface area contributed by atoms with Gasteiger partial charge in [0.25, 0.3) is 0 Å². The number of hydrogen-bond donors (Lipinski definition) is 0. The minimum atomic E-state index is -0.369. The molecule has 1 aromatic carbocycles. The van der Waals surface area contributed by atoms with E-state index in [0.29, 0.717) is 17.9 Å². The molecule has 1 aliphatic heterocycles. The van der Waals surface area contributed by atoms with E-state index in [1.165, 1.54) is 0 Å². The Balaban J connectivity index is 1.89. The fraction of sp³-hybridized carbons (Fsp3) is 0.222. The molecule has 0 radical (unpaired) electrons. The van der Waals surface area contributed by atoms with Crippen LogP contribution in [0.1, 0.15) is 13.3 Å². The first-order valence-corrected chi connectivity index (χ1v) is 8.67. The summed E-state index contributed by atoms with van der Waals surface area (Å²) in [5, 5.41) is 4.42. The molecule has 1 amide bonds. The van der Waals surface area contributed by atoms with Crippen molar-refractivity contribution in [2.24, 2.45) is 0 Å². The van der Waals surface area contributed by atoms with Gasteiger partial charge in [0, 0.05) is 25.1 Å². The van der Waals surface area contributed by atoms with Crippen molar-refractivity contribution >= 4 is 34.7 Å². The second-order valence-electron chi connectivity index (χ2n) is 6.01. The van der Waals surface area contributed by atoms with Gasteiger partial charge in [0.1, 0.15) is 11.7 Å². The van der Waals surface area contributed by atoms with Crippen LogP contribution in [0.15, 0.2) is 48.9 Å². The van der Waals surface area contributed by atoms with E-state index in [0.717, 1.165) is 11.4 Å².